The first kappa shape index (κ1) is 30.1. The van der Waals surface area contributed by atoms with Gasteiger partial charge in [-0.2, -0.15) is 0 Å². The van der Waals surface area contributed by atoms with Crippen LogP contribution in [0.5, 0.6) is 23.0 Å². The molecule has 2 amide bonds. The summed E-state index contributed by atoms with van der Waals surface area (Å²) in [6, 6.07) is 16.0. The highest BCUT2D eigenvalue weighted by Crippen LogP contribution is 2.38. The Hall–Kier alpha value is -3.88. The summed E-state index contributed by atoms with van der Waals surface area (Å²) in [5, 5.41) is 0.936. The van der Waals surface area contributed by atoms with Crippen LogP contribution in [0.25, 0.3) is 5.57 Å². The predicted octanol–water partition coefficient (Wildman–Crippen LogP) is 5.83. The van der Waals surface area contributed by atoms with Gasteiger partial charge in [-0.15, -0.1) is 0 Å². The van der Waals surface area contributed by atoms with Gasteiger partial charge in [-0.3, -0.25) is 9.59 Å². The van der Waals surface area contributed by atoms with E-state index in [-0.39, 0.29) is 11.8 Å². The van der Waals surface area contributed by atoms with Gasteiger partial charge in [-0.05, 0) is 66.1 Å². The Kier molecular flexibility index (Phi) is 10.0. The molecule has 1 fully saturated rings. The van der Waals surface area contributed by atoms with E-state index in [9.17, 15) is 9.59 Å². The molecule has 0 N–H and O–H groups in total. The monoisotopic (exact) mass is 598 g/mol. The summed E-state index contributed by atoms with van der Waals surface area (Å²) in [6.07, 6.45) is 1.59. The van der Waals surface area contributed by atoms with Crippen LogP contribution < -0.4 is 18.9 Å². The highest BCUT2D eigenvalue weighted by atomic mass is 35.5. The molecule has 0 unspecified atom stereocenters. The van der Waals surface area contributed by atoms with Gasteiger partial charge in [-0.1, -0.05) is 35.3 Å². The molecule has 10 heteroatoms. The molecule has 3 aromatic rings. The van der Waals surface area contributed by atoms with E-state index in [1.165, 1.54) is 21.3 Å². The highest BCUT2D eigenvalue weighted by Gasteiger charge is 2.26. The van der Waals surface area contributed by atoms with Crippen LogP contribution in [-0.2, 0) is 4.79 Å². The number of benzene rings is 3. The van der Waals surface area contributed by atoms with Crippen molar-refractivity contribution in [2.75, 3.05) is 54.1 Å². The quantitative estimate of drug-likeness (QED) is 0.288. The number of hydrogen-bond acceptors (Lipinski definition) is 6. The van der Waals surface area contributed by atoms with Crippen molar-refractivity contribution >= 4 is 40.6 Å². The minimum Gasteiger partial charge on any atom is -0.494 e. The van der Waals surface area contributed by atoms with Gasteiger partial charge in [0.05, 0.1) is 27.9 Å². The normalized spacial score (nSPS) is 13.6. The van der Waals surface area contributed by atoms with Crippen LogP contribution in [0.3, 0.4) is 0 Å². The van der Waals surface area contributed by atoms with Crippen LogP contribution in [0.2, 0.25) is 10.0 Å². The number of halogens is 2. The third-order valence-electron chi connectivity index (χ3n) is 6.71. The van der Waals surface area contributed by atoms with Gasteiger partial charge >= 0.3 is 0 Å². The maximum Gasteiger partial charge on any atom is 0.254 e. The Bertz CT molecular complexity index is 1390. The van der Waals surface area contributed by atoms with Crippen molar-refractivity contribution in [2.24, 2.45) is 0 Å². The lowest BCUT2D eigenvalue weighted by atomic mass is 9.97. The van der Waals surface area contributed by atoms with Crippen molar-refractivity contribution in [3.8, 4) is 23.0 Å². The summed E-state index contributed by atoms with van der Waals surface area (Å²) in [5.74, 6) is 1.59. The zero-order chi connectivity index (χ0) is 29.5. The molecule has 41 heavy (non-hydrogen) atoms. The molecule has 1 aliphatic rings. The summed E-state index contributed by atoms with van der Waals surface area (Å²) in [5.41, 5.74) is 2.63. The van der Waals surface area contributed by atoms with Crippen LogP contribution >= 0.6 is 23.2 Å². The van der Waals surface area contributed by atoms with E-state index in [1.54, 1.807) is 46.2 Å². The average molecular weight is 600 g/mol. The molecule has 0 spiro atoms. The number of ether oxygens (including phenoxy) is 4. The average Bonchev–Trinajstić information content (AvgIpc) is 2.98. The molecule has 0 bridgehead atoms. The zero-order valence-corrected chi connectivity index (χ0v) is 24.9. The van der Waals surface area contributed by atoms with Crippen molar-refractivity contribution in [3.05, 3.63) is 87.4 Å². The molecule has 3 aromatic carbocycles. The maximum absolute atomic E-state index is 13.5. The number of amides is 2. The molecule has 0 aromatic heterocycles. The van der Waals surface area contributed by atoms with Crippen molar-refractivity contribution in [2.45, 2.75) is 6.92 Å². The summed E-state index contributed by atoms with van der Waals surface area (Å²) in [6.45, 7) is 3.96. The number of carbonyl (C=O) groups is 2. The van der Waals surface area contributed by atoms with Gasteiger partial charge in [0.2, 0.25) is 11.7 Å². The number of hydrogen-bond donors (Lipinski definition) is 0. The van der Waals surface area contributed by atoms with E-state index >= 15 is 0 Å². The van der Waals surface area contributed by atoms with Crippen molar-refractivity contribution in [1.82, 2.24) is 9.80 Å². The van der Waals surface area contributed by atoms with Crippen LogP contribution in [0.1, 0.15) is 28.4 Å². The lowest BCUT2D eigenvalue weighted by molar-refractivity contribution is -0.127. The smallest absolute Gasteiger partial charge is 0.254 e. The molecule has 4 rings (SSSR count). The van der Waals surface area contributed by atoms with Crippen molar-refractivity contribution < 1.29 is 28.5 Å². The van der Waals surface area contributed by atoms with Gasteiger partial charge in [0.1, 0.15) is 5.75 Å². The van der Waals surface area contributed by atoms with Gasteiger partial charge in [0.15, 0.2) is 11.5 Å². The number of rotatable bonds is 9. The number of methoxy groups -OCH3 is 3. The third kappa shape index (κ3) is 7.07. The van der Waals surface area contributed by atoms with E-state index in [1.807, 2.05) is 31.2 Å². The standard InChI is InChI=1S/C31H32Cl2N2O6/c1-5-41-25-8-6-20(7-9-25)26(21-14-23(32)18-24(33)15-21)19-29(36)34-10-12-35(13-11-34)31(37)22-16-27(38-2)30(40-4)28(17-22)39-3/h6-9,14-19H,5,10-13H2,1-4H3/b26-19+. The van der Waals surface area contributed by atoms with Crippen molar-refractivity contribution in [1.29, 1.82) is 0 Å². The Morgan fingerprint density at radius 2 is 1.32 bits per heavy atom. The molecule has 8 nitrogen and oxygen atoms in total. The van der Waals surface area contributed by atoms with Gasteiger partial charge in [0, 0.05) is 47.9 Å². The first-order valence-electron chi connectivity index (χ1n) is 13.1. The molecular formula is C31H32Cl2N2O6. The molecule has 0 saturated carbocycles. The molecule has 0 aliphatic carbocycles. The Balaban J connectivity index is 1.54. The maximum atomic E-state index is 13.5. The fraction of sp³-hybridized carbons (Fsp3) is 0.290. The second kappa shape index (κ2) is 13.7. The minimum absolute atomic E-state index is 0.176. The lowest BCUT2D eigenvalue weighted by Gasteiger charge is -2.34. The van der Waals surface area contributed by atoms with Crippen LogP contribution in [0, 0.1) is 0 Å². The van der Waals surface area contributed by atoms with Crippen LogP contribution in [-0.4, -0.2) is 75.7 Å². The number of piperazine rings is 1. The number of carbonyl (C=O) groups excluding carboxylic acids is 2. The highest BCUT2D eigenvalue weighted by molar-refractivity contribution is 6.35. The first-order valence-corrected chi connectivity index (χ1v) is 13.8. The first-order chi connectivity index (χ1) is 19.8. The molecule has 0 radical (unpaired) electrons. The predicted molar refractivity (Wildman–Crippen MR) is 160 cm³/mol. The van der Waals surface area contributed by atoms with E-state index in [0.717, 1.165) is 16.9 Å². The molecule has 1 aliphatic heterocycles. The minimum atomic E-state index is -0.185. The van der Waals surface area contributed by atoms with Gasteiger partial charge in [-0.25, -0.2) is 0 Å². The van der Waals surface area contributed by atoms with Crippen molar-refractivity contribution in [3.63, 3.8) is 0 Å². The Morgan fingerprint density at radius 1 is 0.756 bits per heavy atom. The van der Waals surface area contributed by atoms with E-state index in [0.29, 0.717) is 71.2 Å². The fourth-order valence-electron chi connectivity index (χ4n) is 4.67. The van der Waals surface area contributed by atoms with E-state index in [2.05, 4.69) is 0 Å². The zero-order valence-electron chi connectivity index (χ0n) is 23.4. The number of nitrogens with zero attached hydrogens (tertiary/aromatic N) is 2. The Labute approximate surface area is 249 Å². The van der Waals surface area contributed by atoms with E-state index in [4.69, 9.17) is 42.1 Å². The SMILES string of the molecule is CCOc1ccc(/C(=C\C(=O)N2CCN(C(=O)c3cc(OC)c(OC)c(OC)c3)CC2)c2cc(Cl)cc(Cl)c2)cc1. The lowest BCUT2D eigenvalue weighted by Crippen LogP contribution is -2.50. The fourth-order valence-corrected chi connectivity index (χ4v) is 5.20. The van der Waals surface area contributed by atoms with Crippen LogP contribution in [0.4, 0.5) is 0 Å². The summed E-state index contributed by atoms with van der Waals surface area (Å²) < 4.78 is 21.7. The third-order valence-corrected chi connectivity index (χ3v) is 7.14. The Morgan fingerprint density at radius 3 is 1.83 bits per heavy atom. The molecular weight excluding hydrogens is 567 g/mol. The topological polar surface area (TPSA) is 77.5 Å². The molecule has 1 heterocycles. The second-order valence-electron chi connectivity index (χ2n) is 9.21. The van der Waals surface area contributed by atoms with Gasteiger partial charge in [0.25, 0.3) is 5.91 Å². The summed E-state index contributed by atoms with van der Waals surface area (Å²) in [4.78, 5) is 30.2. The van der Waals surface area contributed by atoms with Crippen LogP contribution in [0.15, 0.2) is 60.7 Å². The molecule has 1 saturated heterocycles. The summed E-state index contributed by atoms with van der Waals surface area (Å²) >= 11 is 12.6. The second-order valence-corrected chi connectivity index (χ2v) is 10.1. The molecule has 216 valence electrons. The van der Waals surface area contributed by atoms with E-state index < -0.39 is 0 Å². The summed E-state index contributed by atoms with van der Waals surface area (Å²) in [7, 11) is 4.51. The largest absolute Gasteiger partial charge is 0.494 e. The van der Waals surface area contributed by atoms with Gasteiger partial charge < -0.3 is 28.7 Å². The molecule has 0 atom stereocenters.